The number of amides is 3. The summed E-state index contributed by atoms with van der Waals surface area (Å²) in [7, 11) is 0. The first-order valence-electron chi connectivity index (χ1n) is 8.58. The summed E-state index contributed by atoms with van der Waals surface area (Å²) in [5.74, 6) is 0.460. The number of nitrogens with one attached hydrogen (secondary N) is 1. The molecule has 1 fully saturated rings. The van der Waals surface area contributed by atoms with Gasteiger partial charge in [-0.25, -0.2) is 9.78 Å². The molecule has 0 saturated carbocycles. The van der Waals surface area contributed by atoms with Crippen molar-refractivity contribution in [3.63, 3.8) is 0 Å². The number of hydrogen-bond acceptors (Lipinski definition) is 5. The number of aromatic nitrogens is 1. The fourth-order valence-electron chi connectivity index (χ4n) is 3.29. The van der Waals surface area contributed by atoms with Crippen molar-refractivity contribution in [2.24, 2.45) is 0 Å². The number of furan rings is 1. The van der Waals surface area contributed by atoms with Crippen LogP contribution in [0.4, 0.5) is 4.79 Å². The van der Waals surface area contributed by atoms with E-state index in [-0.39, 0.29) is 6.54 Å². The molecule has 27 heavy (non-hydrogen) atoms. The van der Waals surface area contributed by atoms with E-state index in [0.29, 0.717) is 17.3 Å². The Morgan fingerprint density at radius 3 is 2.70 bits per heavy atom. The summed E-state index contributed by atoms with van der Waals surface area (Å²) in [5, 5.41) is 2.69. The van der Waals surface area contributed by atoms with Gasteiger partial charge in [-0.1, -0.05) is 17.7 Å². The van der Waals surface area contributed by atoms with E-state index in [1.165, 1.54) is 12.5 Å². The highest BCUT2D eigenvalue weighted by molar-refractivity contribution is 6.06. The minimum Gasteiger partial charge on any atom is -0.466 e. The molecule has 1 atom stereocenters. The molecule has 7 nitrogen and oxygen atoms in total. The van der Waals surface area contributed by atoms with Gasteiger partial charge in [-0.2, -0.15) is 0 Å². The Hall–Kier alpha value is -3.35. The lowest BCUT2D eigenvalue weighted by Crippen LogP contribution is -2.40. The third kappa shape index (κ3) is 2.81. The summed E-state index contributed by atoms with van der Waals surface area (Å²) < 4.78 is 10.9. The molecule has 4 rings (SSSR count). The molecule has 3 heterocycles. The molecule has 1 N–H and O–H groups in total. The molecular weight excluding hydrogens is 346 g/mol. The zero-order valence-electron chi connectivity index (χ0n) is 15.3. The number of nitrogens with zero attached hydrogens (tertiary/aromatic N) is 2. The maximum Gasteiger partial charge on any atom is 0.325 e. The van der Waals surface area contributed by atoms with E-state index in [1.54, 1.807) is 19.1 Å². The van der Waals surface area contributed by atoms with Gasteiger partial charge in [0.05, 0.1) is 18.5 Å². The third-order valence-corrected chi connectivity index (χ3v) is 4.77. The lowest BCUT2D eigenvalue weighted by molar-refractivity contribution is -0.132. The van der Waals surface area contributed by atoms with Gasteiger partial charge < -0.3 is 14.2 Å². The molecule has 3 amide bonds. The molecule has 2 aromatic heterocycles. The summed E-state index contributed by atoms with van der Waals surface area (Å²) in [6.07, 6.45) is 2.94. The van der Waals surface area contributed by atoms with Gasteiger partial charge in [-0.3, -0.25) is 9.69 Å². The highest BCUT2D eigenvalue weighted by Crippen LogP contribution is 2.30. The Morgan fingerprint density at radius 1 is 1.19 bits per heavy atom. The van der Waals surface area contributed by atoms with Crippen molar-refractivity contribution in [2.45, 2.75) is 32.9 Å². The molecular formula is C20H19N3O4. The summed E-state index contributed by atoms with van der Waals surface area (Å²) in [4.78, 5) is 30.8. The molecule has 3 aromatic rings. The Morgan fingerprint density at radius 2 is 2.00 bits per heavy atom. The largest absolute Gasteiger partial charge is 0.466 e. The van der Waals surface area contributed by atoms with E-state index in [0.717, 1.165) is 21.6 Å². The van der Waals surface area contributed by atoms with E-state index in [9.17, 15) is 9.59 Å². The van der Waals surface area contributed by atoms with Crippen LogP contribution in [0.2, 0.25) is 0 Å². The predicted molar refractivity (Wildman–Crippen MR) is 96.6 cm³/mol. The van der Waals surface area contributed by atoms with E-state index in [1.807, 2.05) is 32.0 Å². The molecule has 0 aliphatic carbocycles. The summed E-state index contributed by atoms with van der Waals surface area (Å²) >= 11 is 0. The van der Waals surface area contributed by atoms with E-state index in [4.69, 9.17) is 8.83 Å². The first-order valence-corrected chi connectivity index (χ1v) is 8.58. The number of rotatable bonds is 4. The molecule has 0 radical (unpaired) electrons. The van der Waals surface area contributed by atoms with E-state index >= 15 is 0 Å². The van der Waals surface area contributed by atoms with Gasteiger partial charge in [0.15, 0.2) is 5.54 Å². The molecule has 1 aliphatic rings. The van der Waals surface area contributed by atoms with Crippen molar-refractivity contribution in [2.75, 3.05) is 0 Å². The normalized spacial score (nSPS) is 19.6. The number of urea groups is 1. The number of imide groups is 1. The Labute approximate surface area is 156 Å². The molecule has 7 heteroatoms. The Bertz CT molecular complexity index is 1020. The molecule has 1 aliphatic heterocycles. The van der Waals surface area contributed by atoms with Gasteiger partial charge in [0.25, 0.3) is 5.91 Å². The molecule has 0 spiro atoms. The minimum absolute atomic E-state index is 0.0232. The average Bonchev–Trinajstić information content (AvgIpc) is 3.34. The molecule has 1 aromatic carbocycles. The number of hydrogen-bond donors (Lipinski definition) is 1. The summed E-state index contributed by atoms with van der Waals surface area (Å²) in [6.45, 7) is 5.65. The SMILES string of the molecule is Cc1ccc(-c2nc(CN3C(=O)N[C@@](C)(c4ccco4)C3=O)co2)c(C)c1. The zero-order chi connectivity index (χ0) is 19.2. The van der Waals surface area contributed by atoms with Crippen LogP contribution < -0.4 is 5.32 Å². The van der Waals surface area contributed by atoms with Gasteiger partial charge in [-0.05, 0) is 44.5 Å². The predicted octanol–water partition coefficient (Wildman–Crippen LogP) is 3.52. The van der Waals surface area contributed by atoms with Crippen LogP contribution in [0.5, 0.6) is 0 Å². The molecule has 0 unspecified atom stereocenters. The van der Waals surface area contributed by atoms with Crippen molar-refractivity contribution in [3.05, 3.63) is 65.4 Å². The van der Waals surface area contributed by atoms with Crippen LogP contribution in [0.3, 0.4) is 0 Å². The van der Waals surface area contributed by atoms with Crippen LogP contribution in [0.1, 0.15) is 29.5 Å². The van der Waals surface area contributed by atoms with Crippen molar-refractivity contribution in [1.82, 2.24) is 15.2 Å². The molecule has 0 bridgehead atoms. The fraction of sp³-hybridized carbons (Fsp3) is 0.250. The molecule has 1 saturated heterocycles. The van der Waals surface area contributed by atoms with Gasteiger partial charge in [-0.15, -0.1) is 0 Å². The highest BCUT2D eigenvalue weighted by atomic mass is 16.3. The second-order valence-corrected chi connectivity index (χ2v) is 6.89. The lowest BCUT2D eigenvalue weighted by Gasteiger charge is -2.18. The van der Waals surface area contributed by atoms with Crippen LogP contribution in [0.15, 0.2) is 51.7 Å². The number of oxazole rings is 1. The van der Waals surface area contributed by atoms with Crippen LogP contribution >= 0.6 is 0 Å². The van der Waals surface area contributed by atoms with Gasteiger partial charge in [0, 0.05) is 5.56 Å². The van der Waals surface area contributed by atoms with Gasteiger partial charge in [0.1, 0.15) is 12.0 Å². The van der Waals surface area contributed by atoms with Crippen LogP contribution in [-0.4, -0.2) is 21.8 Å². The standard InChI is InChI=1S/C20H19N3O4/c1-12-6-7-15(13(2)9-12)17-21-14(11-27-17)10-23-18(24)20(3,22-19(23)25)16-5-4-8-26-16/h4-9,11H,10H2,1-3H3,(H,22,25)/t20-/m0/s1. The lowest BCUT2D eigenvalue weighted by atomic mass is 9.99. The topological polar surface area (TPSA) is 88.6 Å². The zero-order valence-corrected chi connectivity index (χ0v) is 15.3. The number of aryl methyl sites for hydroxylation is 2. The second-order valence-electron chi connectivity index (χ2n) is 6.89. The first-order chi connectivity index (χ1) is 12.9. The second kappa shape index (κ2) is 6.12. The number of carbonyl (C=O) groups excluding carboxylic acids is 2. The quantitative estimate of drug-likeness (QED) is 0.715. The maximum absolute atomic E-state index is 12.8. The number of carbonyl (C=O) groups is 2. The van der Waals surface area contributed by atoms with Crippen LogP contribution in [-0.2, 0) is 16.9 Å². The smallest absolute Gasteiger partial charge is 0.325 e. The van der Waals surface area contributed by atoms with Crippen LogP contribution in [0, 0.1) is 13.8 Å². The fourth-order valence-corrected chi connectivity index (χ4v) is 3.29. The summed E-state index contributed by atoms with van der Waals surface area (Å²) in [5.41, 5.74) is 2.35. The minimum atomic E-state index is -1.22. The third-order valence-electron chi connectivity index (χ3n) is 4.77. The Balaban J connectivity index is 1.57. The highest BCUT2D eigenvalue weighted by Gasteiger charge is 2.51. The van der Waals surface area contributed by atoms with E-state index in [2.05, 4.69) is 10.3 Å². The van der Waals surface area contributed by atoms with Crippen LogP contribution in [0.25, 0.3) is 11.5 Å². The van der Waals surface area contributed by atoms with Crippen molar-refractivity contribution in [1.29, 1.82) is 0 Å². The van der Waals surface area contributed by atoms with Crippen molar-refractivity contribution >= 4 is 11.9 Å². The summed E-state index contributed by atoms with van der Waals surface area (Å²) in [6, 6.07) is 8.83. The Kier molecular flexibility index (Phi) is 3.87. The van der Waals surface area contributed by atoms with Gasteiger partial charge in [0.2, 0.25) is 5.89 Å². The monoisotopic (exact) mass is 365 g/mol. The van der Waals surface area contributed by atoms with Crippen molar-refractivity contribution < 1.29 is 18.4 Å². The van der Waals surface area contributed by atoms with E-state index < -0.39 is 17.5 Å². The average molecular weight is 365 g/mol. The van der Waals surface area contributed by atoms with Crippen molar-refractivity contribution in [3.8, 4) is 11.5 Å². The molecule has 138 valence electrons. The first kappa shape index (κ1) is 17.1. The van der Waals surface area contributed by atoms with Gasteiger partial charge >= 0.3 is 6.03 Å². The maximum atomic E-state index is 12.8. The number of benzene rings is 1.